The minimum atomic E-state index is 0.804. The normalized spacial score (nSPS) is 11.1. The SMILES string of the molecule is CCCCCN(CCN)CCCCC. The van der Waals surface area contributed by atoms with Gasteiger partial charge in [-0.15, -0.1) is 0 Å². The van der Waals surface area contributed by atoms with Crippen LogP contribution in [0.25, 0.3) is 0 Å². The van der Waals surface area contributed by atoms with Crippen LogP contribution >= 0.6 is 0 Å². The standard InChI is InChI=1S/C12H28N2/c1-3-5-7-10-14(12-9-13)11-8-6-4-2/h3-13H2,1-2H3. The molecule has 2 N–H and O–H groups in total. The summed E-state index contributed by atoms with van der Waals surface area (Å²) in [7, 11) is 0. The van der Waals surface area contributed by atoms with Crippen molar-refractivity contribution >= 4 is 0 Å². The van der Waals surface area contributed by atoms with Crippen LogP contribution in [0, 0.1) is 0 Å². The molecule has 14 heavy (non-hydrogen) atoms. The smallest absolute Gasteiger partial charge is 0.0105 e. The number of hydrogen-bond acceptors (Lipinski definition) is 2. The first-order valence-electron chi connectivity index (χ1n) is 6.27. The lowest BCUT2D eigenvalue weighted by atomic mass is 10.2. The molecule has 2 nitrogen and oxygen atoms in total. The maximum atomic E-state index is 5.60. The van der Waals surface area contributed by atoms with Crippen molar-refractivity contribution in [1.82, 2.24) is 4.90 Å². The van der Waals surface area contributed by atoms with Crippen LogP contribution < -0.4 is 5.73 Å². The molecule has 0 heterocycles. The first-order chi connectivity index (χ1) is 6.85. The van der Waals surface area contributed by atoms with Gasteiger partial charge in [0.2, 0.25) is 0 Å². The van der Waals surface area contributed by atoms with Gasteiger partial charge in [0.25, 0.3) is 0 Å². The minimum Gasteiger partial charge on any atom is -0.329 e. The molecule has 0 spiro atoms. The second kappa shape index (κ2) is 11.0. The predicted molar refractivity (Wildman–Crippen MR) is 64.5 cm³/mol. The number of nitrogens with two attached hydrogens (primary N) is 1. The highest BCUT2D eigenvalue weighted by atomic mass is 15.1. The summed E-state index contributed by atoms with van der Waals surface area (Å²) in [4.78, 5) is 2.52. The molecule has 0 aliphatic rings. The van der Waals surface area contributed by atoms with Crippen molar-refractivity contribution in [3.8, 4) is 0 Å². The molecule has 0 aliphatic carbocycles. The summed E-state index contributed by atoms with van der Waals surface area (Å²) >= 11 is 0. The largest absolute Gasteiger partial charge is 0.329 e. The van der Waals surface area contributed by atoms with Crippen LogP contribution in [0.5, 0.6) is 0 Å². The molecule has 0 aliphatic heterocycles. The van der Waals surface area contributed by atoms with E-state index >= 15 is 0 Å². The molecule has 0 bridgehead atoms. The summed E-state index contributed by atoms with van der Waals surface area (Å²) in [5, 5.41) is 0. The molecule has 0 amide bonds. The van der Waals surface area contributed by atoms with Crippen molar-refractivity contribution < 1.29 is 0 Å². The van der Waals surface area contributed by atoms with Crippen LogP contribution in [0.15, 0.2) is 0 Å². The summed E-state index contributed by atoms with van der Waals surface area (Å²) < 4.78 is 0. The highest BCUT2D eigenvalue weighted by molar-refractivity contribution is 4.58. The van der Waals surface area contributed by atoms with Crippen molar-refractivity contribution in [3.05, 3.63) is 0 Å². The van der Waals surface area contributed by atoms with Crippen molar-refractivity contribution in [2.75, 3.05) is 26.2 Å². The topological polar surface area (TPSA) is 29.3 Å². The van der Waals surface area contributed by atoms with Gasteiger partial charge < -0.3 is 10.6 Å². The third-order valence-electron chi connectivity index (χ3n) is 2.60. The Hall–Kier alpha value is -0.0800. The Kier molecular flexibility index (Phi) is 10.9. The number of hydrogen-bond donors (Lipinski definition) is 1. The first-order valence-corrected chi connectivity index (χ1v) is 6.27. The molecule has 0 atom stereocenters. The molecule has 0 fully saturated rings. The fraction of sp³-hybridized carbons (Fsp3) is 1.00. The van der Waals surface area contributed by atoms with E-state index in [1.165, 1.54) is 51.6 Å². The Morgan fingerprint density at radius 3 is 1.64 bits per heavy atom. The Labute approximate surface area is 89.9 Å². The zero-order chi connectivity index (χ0) is 10.6. The molecule has 0 aromatic heterocycles. The highest BCUT2D eigenvalue weighted by Gasteiger charge is 2.02. The van der Waals surface area contributed by atoms with Gasteiger partial charge in [-0.3, -0.25) is 0 Å². The van der Waals surface area contributed by atoms with E-state index in [0.717, 1.165) is 13.1 Å². The van der Waals surface area contributed by atoms with E-state index in [2.05, 4.69) is 18.7 Å². The van der Waals surface area contributed by atoms with Crippen LogP contribution in [0.4, 0.5) is 0 Å². The molecular weight excluding hydrogens is 172 g/mol. The Morgan fingerprint density at radius 2 is 1.29 bits per heavy atom. The summed E-state index contributed by atoms with van der Waals surface area (Å²) in [5.41, 5.74) is 5.60. The first kappa shape index (κ1) is 13.9. The van der Waals surface area contributed by atoms with Crippen LogP contribution in [0.1, 0.15) is 52.4 Å². The molecule has 0 radical (unpaired) electrons. The van der Waals surface area contributed by atoms with Gasteiger partial charge in [0.05, 0.1) is 0 Å². The number of nitrogens with zero attached hydrogens (tertiary/aromatic N) is 1. The Bertz CT molecular complexity index is 94.5. The monoisotopic (exact) mass is 200 g/mol. The third kappa shape index (κ3) is 8.52. The zero-order valence-electron chi connectivity index (χ0n) is 10.1. The van der Waals surface area contributed by atoms with Gasteiger partial charge in [-0.2, -0.15) is 0 Å². The van der Waals surface area contributed by atoms with Crippen LogP contribution in [0.2, 0.25) is 0 Å². The van der Waals surface area contributed by atoms with E-state index in [1.54, 1.807) is 0 Å². The lowest BCUT2D eigenvalue weighted by Crippen LogP contribution is -2.31. The van der Waals surface area contributed by atoms with Crippen molar-refractivity contribution in [2.24, 2.45) is 5.73 Å². The summed E-state index contributed by atoms with van der Waals surface area (Å²) in [6, 6.07) is 0. The van der Waals surface area contributed by atoms with Crippen molar-refractivity contribution in [3.63, 3.8) is 0 Å². The fourth-order valence-electron chi connectivity index (χ4n) is 1.69. The molecule has 0 unspecified atom stereocenters. The van der Waals surface area contributed by atoms with Gasteiger partial charge in [-0.1, -0.05) is 39.5 Å². The van der Waals surface area contributed by atoms with Crippen LogP contribution in [-0.2, 0) is 0 Å². The van der Waals surface area contributed by atoms with E-state index in [-0.39, 0.29) is 0 Å². The molecule has 0 aromatic carbocycles. The van der Waals surface area contributed by atoms with E-state index in [1.807, 2.05) is 0 Å². The molecule has 0 aromatic rings. The lowest BCUT2D eigenvalue weighted by molar-refractivity contribution is 0.269. The maximum Gasteiger partial charge on any atom is 0.0105 e. The van der Waals surface area contributed by atoms with Gasteiger partial charge in [0.15, 0.2) is 0 Å². The van der Waals surface area contributed by atoms with Crippen LogP contribution in [-0.4, -0.2) is 31.1 Å². The fourth-order valence-corrected chi connectivity index (χ4v) is 1.69. The molecule has 0 rings (SSSR count). The second-order valence-electron chi connectivity index (χ2n) is 4.04. The van der Waals surface area contributed by atoms with E-state index in [9.17, 15) is 0 Å². The van der Waals surface area contributed by atoms with Gasteiger partial charge in [-0.05, 0) is 25.9 Å². The van der Waals surface area contributed by atoms with E-state index in [4.69, 9.17) is 5.73 Å². The van der Waals surface area contributed by atoms with E-state index in [0.29, 0.717) is 0 Å². The summed E-state index contributed by atoms with van der Waals surface area (Å²) in [6.45, 7) is 8.88. The molecule has 2 heteroatoms. The quantitative estimate of drug-likeness (QED) is 0.549. The average molecular weight is 200 g/mol. The van der Waals surface area contributed by atoms with Crippen molar-refractivity contribution in [2.45, 2.75) is 52.4 Å². The molecular formula is C12H28N2. The van der Waals surface area contributed by atoms with Gasteiger partial charge in [0.1, 0.15) is 0 Å². The Balaban J connectivity index is 3.44. The third-order valence-corrected chi connectivity index (χ3v) is 2.60. The molecule has 0 saturated carbocycles. The Morgan fingerprint density at radius 1 is 0.786 bits per heavy atom. The predicted octanol–water partition coefficient (Wildman–Crippen LogP) is 2.63. The lowest BCUT2D eigenvalue weighted by Gasteiger charge is -2.21. The highest BCUT2D eigenvalue weighted by Crippen LogP contribution is 2.01. The number of rotatable bonds is 10. The van der Waals surface area contributed by atoms with E-state index < -0.39 is 0 Å². The van der Waals surface area contributed by atoms with Crippen molar-refractivity contribution in [1.29, 1.82) is 0 Å². The maximum absolute atomic E-state index is 5.60. The van der Waals surface area contributed by atoms with Gasteiger partial charge in [-0.25, -0.2) is 0 Å². The zero-order valence-corrected chi connectivity index (χ0v) is 10.1. The summed E-state index contributed by atoms with van der Waals surface area (Å²) in [5.74, 6) is 0. The van der Waals surface area contributed by atoms with Crippen LogP contribution in [0.3, 0.4) is 0 Å². The number of unbranched alkanes of at least 4 members (excludes halogenated alkanes) is 4. The second-order valence-corrected chi connectivity index (χ2v) is 4.04. The van der Waals surface area contributed by atoms with Gasteiger partial charge in [0, 0.05) is 13.1 Å². The van der Waals surface area contributed by atoms with Gasteiger partial charge >= 0.3 is 0 Å². The summed E-state index contributed by atoms with van der Waals surface area (Å²) in [6.07, 6.45) is 8.01. The molecule has 86 valence electrons. The molecule has 0 saturated heterocycles. The minimum absolute atomic E-state index is 0.804. The average Bonchev–Trinajstić information content (AvgIpc) is 2.18.